The molecule has 0 aliphatic heterocycles. The zero-order valence-corrected chi connectivity index (χ0v) is 13.0. The van der Waals surface area contributed by atoms with Crippen LogP contribution in [0.5, 0.6) is 5.75 Å². The average Bonchev–Trinajstić information content (AvgIpc) is 2.46. The summed E-state index contributed by atoms with van der Waals surface area (Å²) in [6, 6.07) is 13.0. The molecule has 0 aromatic heterocycles. The van der Waals surface area contributed by atoms with Gasteiger partial charge in [0.25, 0.3) is 0 Å². The third-order valence-electron chi connectivity index (χ3n) is 3.39. The van der Waals surface area contributed by atoms with Gasteiger partial charge in [0, 0.05) is 5.56 Å². The minimum Gasteiger partial charge on any atom is -0.404 e. The highest BCUT2D eigenvalue weighted by Crippen LogP contribution is 2.44. The van der Waals surface area contributed by atoms with E-state index in [-0.39, 0.29) is 5.75 Å². The fraction of sp³-hybridized carbons (Fsp3) is 0.250. The van der Waals surface area contributed by atoms with Gasteiger partial charge in [-0.25, -0.2) is 4.57 Å². The van der Waals surface area contributed by atoms with Gasteiger partial charge in [0.1, 0.15) is 5.75 Å². The molecule has 0 spiro atoms. The molecule has 2 rings (SSSR count). The second kappa shape index (κ2) is 6.44. The number of rotatable bonds is 5. The van der Waals surface area contributed by atoms with Crippen LogP contribution in [-0.2, 0) is 17.4 Å². The minimum absolute atomic E-state index is 0.226. The summed E-state index contributed by atoms with van der Waals surface area (Å²) in [7, 11) is -4.59. The Balaban J connectivity index is 2.69. The van der Waals surface area contributed by atoms with Crippen molar-refractivity contribution in [3.8, 4) is 16.9 Å². The van der Waals surface area contributed by atoms with E-state index in [2.05, 4.69) is 6.92 Å². The highest BCUT2D eigenvalue weighted by atomic mass is 31.2. The van der Waals surface area contributed by atoms with Crippen LogP contribution in [0.4, 0.5) is 0 Å². The lowest BCUT2D eigenvalue weighted by Gasteiger charge is -2.18. The summed E-state index contributed by atoms with van der Waals surface area (Å²) in [5.74, 6) is 0.226. The molecule has 2 aromatic carbocycles. The van der Waals surface area contributed by atoms with E-state index >= 15 is 0 Å². The molecule has 0 aliphatic rings. The van der Waals surface area contributed by atoms with Crippen molar-refractivity contribution in [2.45, 2.75) is 26.7 Å². The zero-order chi connectivity index (χ0) is 15.5. The van der Waals surface area contributed by atoms with E-state index in [1.54, 1.807) is 6.07 Å². The van der Waals surface area contributed by atoms with Crippen molar-refractivity contribution in [1.82, 2.24) is 0 Å². The monoisotopic (exact) mass is 306 g/mol. The largest absolute Gasteiger partial charge is 0.524 e. The van der Waals surface area contributed by atoms with Crippen molar-refractivity contribution in [3.05, 3.63) is 53.6 Å². The van der Waals surface area contributed by atoms with E-state index in [1.165, 1.54) is 0 Å². The topological polar surface area (TPSA) is 66.8 Å². The van der Waals surface area contributed by atoms with Crippen LogP contribution in [0.3, 0.4) is 0 Å². The molecular formula is C16H19O4P. The van der Waals surface area contributed by atoms with Gasteiger partial charge < -0.3 is 4.52 Å². The van der Waals surface area contributed by atoms with Crippen molar-refractivity contribution < 1.29 is 18.9 Å². The molecule has 0 heterocycles. The Morgan fingerprint density at radius 2 is 1.67 bits per heavy atom. The molecular weight excluding hydrogens is 287 g/mol. The third-order valence-corrected chi connectivity index (χ3v) is 3.82. The first-order valence-corrected chi connectivity index (χ1v) is 8.44. The first-order chi connectivity index (χ1) is 9.96. The van der Waals surface area contributed by atoms with Crippen LogP contribution in [0.15, 0.2) is 42.5 Å². The van der Waals surface area contributed by atoms with Crippen molar-refractivity contribution in [2.75, 3.05) is 0 Å². The number of hydrogen-bond donors (Lipinski definition) is 2. The SMILES string of the molecule is CCc1ccc(OP(=O)(O)O)c(-c2ccccc2)c1CC. The summed E-state index contributed by atoms with van der Waals surface area (Å²) < 4.78 is 16.1. The fourth-order valence-corrected chi connectivity index (χ4v) is 2.94. The van der Waals surface area contributed by atoms with Crippen LogP contribution < -0.4 is 4.52 Å². The summed E-state index contributed by atoms with van der Waals surface area (Å²) in [4.78, 5) is 18.2. The van der Waals surface area contributed by atoms with E-state index in [0.717, 1.165) is 35.1 Å². The molecule has 0 bridgehead atoms. The lowest BCUT2D eigenvalue weighted by Crippen LogP contribution is -2.00. The van der Waals surface area contributed by atoms with Crippen molar-refractivity contribution in [3.63, 3.8) is 0 Å². The predicted molar refractivity (Wildman–Crippen MR) is 83.3 cm³/mol. The van der Waals surface area contributed by atoms with Crippen LogP contribution in [-0.4, -0.2) is 9.79 Å². The van der Waals surface area contributed by atoms with Gasteiger partial charge in [-0.05, 0) is 35.6 Å². The minimum atomic E-state index is -4.59. The van der Waals surface area contributed by atoms with E-state index in [1.807, 2.05) is 43.3 Å². The number of aryl methyl sites for hydroxylation is 1. The van der Waals surface area contributed by atoms with Gasteiger partial charge in [0.15, 0.2) is 0 Å². The lowest BCUT2D eigenvalue weighted by atomic mass is 9.92. The number of hydrogen-bond acceptors (Lipinski definition) is 2. The number of benzene rings is 2. The Morgan fingerprint density at radius 3 is 2.19 bits per heavy atom. The Hall–Kier alpha value is -1.61. The molecule has 4 nitrogen and oxygen atoms in total. The molecule has 0 fully saturated rings. The van der Waals surface area contributed by atoms with Gasteiger partial charge in [0.2, 0.25) is 0 Å². The first kappa shape index (κ1) is 15.8. The number of phosphoric acid groups is 1. The van der Waals surface area contributed by atoms with Gasteiger partial charge in [-0.2, -0.15) is 0 Å². The van der Waals surface area contributed by atoms with E-state index < -0.39 is 7.82 Å². The molecule has 0 atom stereocenters. The molecule has 2 aromatic rings. The van der Waals surface area contributed by atoms with Gasteiger partial charge in [0.05, 0.1) is 0 Å². The zero-order valence-electron chi connectivity index (χ0n) is 12.1. The Kier molecular flexibility index (Phi) is 4.84. The quantitative estimate of drug-likeness (QED) is 0.821. The predicted octanol–water partition coefficient (Wildman–Crippen LogP) is 3.95. The van der Waals surface area contributed by atoms with Gasteiger partial charge in [-0.15, -0.1) is 0 Å². The molecule has 2 N–H and O–H groups in total. The Bertz CT molecular complexity index is 661. The van der Waals surface area contributed by atoms with Crippen LogP contribution in [0.25, 0.3) is 11.1 Å². The van der Waals surface area contributed by atoms with Crippen molar-refractivity contribution in [2.24, 2.45) is 0 Å². The molecule has 21 heavy (non-hydrogen) atoms. The van der Waals surface area contributed by atoms with Gasteiger partial charge >= 0.3 is 7.82 Å². The van der Waals surface area contributed by atoms with E-state index in [4.69, 9.17) is 14.3 Å². The maximum absolute atomic E-state index is 11.2. The lowest BCUT2D eigenvalue weighted by molar-refractivity contribution is 0.283. The summed E-state index contributed by atoms with van der Waals surface area (Å²) in [5.41, 5.74) is 3.89. The van der Waals surface area contributed by atoms with Crippen LogP contribution in [0.1, 0.15) is 25.0 Å². The highest BCUT2D eigenvalue weighted by molar-refractivity contribution is 7.46. The second-order valence-electron chi connectivity index (χ2n) is 4.73. The van der Waals surface area contributed by atoms with Crippen molar-refractivity contribution in [1.29, 1.82) is 0 Å². The third kappa shape index (κ3) is 3.73. The molecule has 0 saturated carbocycles. The molecule has 5 heteroatoms. The van der Waals surface area contributed by atoms with Gasteiger partial charge in [-0.3, -0.25) is 9.79 Å². The maximum Gasteiger partial charge on any atom is 0.524 e. The highest BCUT2D eigenvalue weighted by Gasteiger charge is 2.21. The summed E-state index contributed by atoms with van der Waals surface area (Å²) >= 11 is 0. The summed E-state index contributed by atoms with van der Waals surface area (Å²) in [6.45, 7) is 4.09. The second-order valence-corrected chi connectivity index (χ2v) is 5.90. The first-order valence-electron chi connectivity index (χ1n) is 6.91. The average molecular weight is 306 g/mol. The molecule has 0 radical (unpaired) electrons. The van der Waals surface area contributed by atoms with Crippen LogP contribution >= 0.6 is 7.82 Å². The summed E-state index contributed by atoms with van der Waals surface area (Å²) in [5, 5.41) is 0. The normalized spacial score (nSPS) is 11.4. The molecule has 0 aliphatic carbocycles. The molecule has 112 valence electrons. The number of phosphoric ester groups is 1. The Labute approximate surface area is 124 Å². The smallest absolute Gasteiger partial charge is 0.404 e. The van der Waals surface area contributed by atoms with Crippen LogP contribution in [0.2, 0.25) is 0 Å². The van der Waals surface area contributed by atoms with Gasteiger partial charge in [-0.1, -0.05) is 50.2 Å². The molecule has 0 saturated heterocycles. The fourth-order valence-electron chi connectivity index (χ4n) is 2.53. The van der Waals surface area contributed by atoms with Crippen LogP contribution in [0, 0.1) is 0 Å². The van der Waals surface area contributed by atoms with Crippen molar-refractivity contribution >= 4 is 7.82 Å². The molecule has 0 amide bonds. The van der Waals surface area contributed by atoms with E-state index in [0.29, 0.717) is 0 Å². The standard InChI is InChI=1S/C16H19O4P/c1-3-12-10-11-15(20-21(17,18)19)16(14(12)4-2)13-8-6-5-7-9-13/h5-11H,3-4H2,1-2H3,(H2,17,18,19). The summed E-state index contributed by atoms with van der Waals surface area (Å²) in [6.07, 6.45) is 1.63. The van der Waals surface area contributed by atoms with E-state index in [9.17, 15) is 4.57 Å². The Morgan fingerprint density at radius 1 is 1.00 bits per heavy atom. The molecule has 0 unspecified atom stereocenters. The maximum atomic E-state index is 11.2.